The number of hydrogen-bond acceptors (Lipinski definition) is 5. The number of aliphatic hydroxyl groups is 1. The van der Waals surface area contributed by atoms with Gasteiger partial charge < -0.3 is 25.2 Å². The van der Waals surface area contributed by atoms with Crippen molar-refractivity contribution in [3.63, 3.8) is 0 Å². The molecule has 1 amide bonds. The molecule has 0 radical (unpaired) electrons. The maximum absolute atomic E-state index is 12.2. The van der Waals surface area contributed by atoms with E-state index < -0.39 is 0 Å². The molecule has 0 saturated heterocycles. The van der Waals surface area contributed by atoms with Gasteiger partial charge in [0.2, 0.25) is 5.91 Å². The molecule has 3 N–H and O–H groups in total. The molecule has 1 aliphatic rings. The number of amides is 1. The molecule has 1 atom stereocenters. The second-order valence-corrected chi connectivity index (χ2v) is 5.98. The Labute approximate surface area is 141 Å². The van der Waals surface area contributed by atoms with E-state index in [4.69, 9.17) is 26.2 Å². The van der Waals surface area contributed by atoms with Crippen molar-refractivity contribution in [2.45, 2.75) is 25.3 Å². The van der Waals surface area contributed by atoms with Crippen molar-refractivity contribution < 1.29 is 19.4 Å². The fraction of sp³-hybridized carbons (Fsp3) is 0.562. The van der Waals surface area contributed by atoms with Gasteiger partial charge in [0.25, 0.3) is 0 Å². The summed E-state index contributed by atoms with van der Waals surface area (Å²) in [6.45, 7) is 0.299. The fourth-order valence-electron chi connectivity index (χ4n) is 2.52. The maximum atomic E-state index is 12.2. The lowest BCUT2D eigenvalue weighted by atomic mass is 10.1. The van der Waals surface area contributed by atoms with Crippen molar-refractivity contribution >= 4 is 23.2 Å². The van der Waals surface area contributed by atoms with Crippen LogP contribution >= 0.6 is 11.6 Å². The molecule has 0 aromatic heterocycles. The van der Waals surface area contributed by atoms with Gasteiger partial charge in [-0.25, -0.2) is 0 Å². The van der Waals surface area contributed by atoms with Gasteiger partial charge in [0.05, 0.1) is 31.5 Å². The molecule has 6 nitrogen and oxygen atoms in total. The SMILES string of the molecule is COc1cc(NC(=O)CN[C@@H](CCO)C2CC2)c(OC)cc1Cl. The monoisotopic (exact) mass is 342 g/mol. The van der Waals surface area contributed by atoms with E-state index in [1.165, 1.54) is 14.2 Å². The molecule has 1 fully saturated rings. The quantitative estimate of drug-likeness (QED) is 0.640. The molecule has 0 heterocycles. The molecular formula is C16H23ClN2O4. The van der Waals surface area contributed by atoms with Crippen LogP contribution in [-0.2, 0) is 4.79 Å². The van der Waals surface area contributed by atoms with Gasteiger partial charge in [-0.15, -0.1) is 0 Å². The van der Waals surface area contributed by atoms with Crippen LogP contribution in [0, 0.1) is 5.92 Å². The first-order valence-corrected chi connectivity index (χ1v) is 8.02. The Balaban J connectivity index is 1.96. The van der Waals surface area contributed by atoms with E-state index in [9.17, 15) is 4.79 Å². The first-order chi connectivity index (χ1) is 11.1. The number of methoxy groups -OCH3 is 2. The molecule has 0 unspecified atom stereocenters. The molecule has 23 heavy (non-hydrogen) atoms. The van der Waals surface area contributed by atoms with Gasteiger partial charge in [-0.1, -0.05) is 11.6 Å². The Kier molecular flexibility index (Phi) is 6.50. The summed E-state index contributed by atoms with van der Waals surface area (Å²) in [5.41, 5.74) is 0.505. The molecule has 128 valence electrons. The normalized spacial score (nSPS) is 15.1. The molecule has 0 aliphatic heterocycles. The number of rotatable bonds is 9. The largest absolute Gasteiger partial charge is 0.495 e. The van der Waals surface area contributed by atoms with E-state index in [1.54, 1.807) is 12.1 Å². The molecule has 1 aliphatic carbocycles. The average Bonchev–Trinajstić information content (AvgIpc) is 3.37. The van der Waals surface area contributed by atoms with E-state index in [0.717, 1.165) is 12.8 Å². The number of aliphatic hydroxyl groups excluding tert-OH is 1. The van der Waals surface area contributed by atoms with Gasteiger partial charge in [-0.05, 0) is 25.2 Å². The number of nitrogens with one attached hydrogen (secondary N) is 2. The molecular weight excluding hydrogens is 320 g/mol. The molecule has 1 saturated carbocycles. The summed E-state index contributed by atoms with van der Waals surface area (Å²) in [7, 11) is 3.02. The Morgan fingerprint density at radius 2 is 2.04 bits per heavy atom. The summed E-state index contributed by atoms with van der Waals surface area (Å²) in [6, 6.07) is 3.42. The number of benzene rings is 1. The van der Waals surface area contributed by atoms with Gasteiger partial charge >= 0.3 is 0 Å². The van der Waals surface area contributed by atoms with E-state index in [2.05, 4.69) is 10.6 Å². The third kappa shape index (κ3) is 4.99. The zero-order chi connectivity index (χ0) is 16.8. The van der Waals surface area contributed by atoms with Crippen LogP contribution < -0.4 is 20.1 Å². The van der Waals surface area contributed by atoms with Crippen LogP contribution in [0.25, 0.3) is 0 Å². The molecule has 2 rings (SSSR count). The van der Waals surface area contributed by atoms with Gasteiger partial charge in [0, 0.05) is 24.8 Å². The minimum absolute atomic E-state index is 0.123. The summed E-state index contributed by atoms with van der Waals surface area (Å²) < 4.78 is 10.4. The van der Waals surface area contributed by atoms with Crippen molar-refractivity contribution in [2.24, 2.45) is 5.92 Å². The van der Waals surface area contributed by atoms with Crippen LogP contribution in [-0.4, -0.2) is 44.4 Å². The first kappa shape index (κ1) is 17.8. The highest BCUT2D eigenvalue weighted by Crippen LogP contribution is 2.36. The highest BCUT2D eigenvalue weighted by molar-refractivity contribution is 6.32. The average molecular weight is 343 g/mol. The zero-order valence-corrected chi connectivity index (χ0v) is 14.2. The molecule has 1 aromatic rings. The van der Waals surface area contributed by atoms with Crippen molar-refractivity contribution in [1.82, 2.24) is 5.32 Å². The van der Waals surface area contributed by atoms with E-state index >= 15 is 0 Å². The van der Waals surface area contributed by atoms with Crippen molar-refractivity contribution in [2.75, 3.05) is 32.7 Å². The Morgan fingerprint density at radius 1 is 1.35 bits per heavy atom. The molecule has 1 aromatic carbocycles. The maximum Gasteiger partial charge on any atom is 0.238 e. The number of halogens is 1. The van der Waals surface area contributed by atoms with E-state index in [-0.39, 0.29) is 25.1 Å². The third-order valence-electron chi connectivity index (χ3n) is 3.90. The number of carbonyl (C=O) groups is 1. The van der Waals surface area contributed by atoms with Crippen LogP contribution in [0.3, 0.4) is 0 Å². The van der Waals surface area contributed by atoms with Crippen molar-refractivity contribution in [3.05, 3.63) is 17.2 Å². The van der Waals surface area contributed by atoms with Gasteiger partial charge in [0.1, 0.15) is 11.5 Å². The summed E-state index contributed by atoms with van der Waals surface area (Å²) in [5.74, 6) is 1.32. The summed E-state index contributed by atoms with van der Waals surface area (Å²) in [6.07, 6.45) is 2.97. The standard InChI is InChI=1S/C16H23ClN2O4/c1-22-14-8-13(15(23-2)7-11(14)17)19-16(21)9-18-12(5-6-20)10-3-4-10/h7-8,10,12,18,20H,3-6,9H2,1-2H3,(H,19,21)/t12-/m0/s1. The predicted molar refractivity (Wildman–Crippen MR) is 89.4 cm³/mol. The number of carbonyl (C=O) groups excluding carboxylic acids is 1. The second kappa shape index (κ2) is 8.38. The Bertz CT molecular complexity index is 549. The van der Waals surface area contributed by atoms with Gasteiger partial charge in [0.15, 0.2) is 0 Å². The number of hydrogen-bond donors (Lipinski definition) is 3. The minimum Gasteiger partial charge on any atom is -0.495 e. The highest BCUT2D eigenvalue weighted by atomic mass is 35.5. The zero-order valence-electron chi connectivity index (χ0n) is 13.4. The molecule has 0 spiro atoms. The smallest absolute Gasteiger partial charge is 0.238 e. The summed E-state index contributed by atoms with van der Waals surface area (Å²) >= 11 is 6.04. The fourth-order valence-corrected chi connectivity index (χ4v) is 2.75. The van der Waals surface area contributed by atoms with Crippen LogP contribution in [0.2, 0.25) is 5.02 Å². The predicted octanol–water partition coefficient (Wildman–Crippen LogP) is 2.05. The molecule has 7 heteroatoms. The number of anilines is 1. The van der Waals surface area contributed by atoms with Crippen LogP contribution in [0.1, 0.15) is 19.3 Å². The van der Waals surface area contributed by atoms with E-state index in [0.29, 0.717) is 34.5 Å². The van der Waals surface area contributed by atoms with Gasteiger partial charge in [-0.2, -0.15) is 0 Å². The number of ether oxygens (including phenoxy) is 2. The van der Waals surface area contributed by atoms with Crippen molar-refractivity contribution in [1.29, 1.82) is 0 Å². The highest BCUT2D eigenvalue weighted by Gasteiger charge is 2.30. The van der Waals surface area contributed by atoms with Gasteiger partial charge in [-0.3, -0.25) is 4.79 Å². The summed E-state index contributed by atoms with van der Waals surface area (Å²) in [5, 5.41) is 15.5. The van der Waals surface area contributed by atoms with Crippen molar-refractivity contribution in [3.8, 4) is 11.5 Å². The second-order valence-electron chi connectivity index (χ2n) is 5.57. The topological polar surface area (TPSA) is 79.8 Å². The summed E-state index contributed by atoms with van der Waals surface area (Å²) in [4.78, 5) is 12.2. The lowest BCUT2D eigenvalue weighted by molar-refractivity contribution is -0.115. The third-order valence-corrected chi connectivity index (χ3v) is 4.20. The Hall–Kier alpha value is -1.50. The lowest BCUT2D eigenvalue weighted by Crippen LogP contribution is -2.38. The van der Waals surface area contributed by atoms with Crippen LogP contribution in [0.4, 0.5) is 5.69 Å². The molecule has 0 bridgehead atoms. The lowest BCUT2D eigenvalue weighted by Gasteiger charge is -2.17. The van der Waals surface area contributed by atoms with Crippen LogP contribution in [0.5, 0.6) is 11.5 Å². The Morgan fingerprint density at radius 3 is 2.61 bits per heavy atom. The minimum atomic E-state index is -0.184. The van der Waals surface area contributed by atoms with E-state index in [1.807, 2.05) is 0 Å². The van der Waals surface area contributed by atoms with Crippen LogP contribution in [0.15, 0.2) is 12.1 Å². The first-order valence-electron chi connectivity index (χ1n) is 7.64.